The standard InChI is InChI=1S/C42H26N4S/c1-2-13-28(14-3-1)45-24-23-35-38(45)22-21-34-32-17-8-9-20-39(32)46(41(34)35)42-43-37-26-47-25-36(37)40(44-42)33-18-7-6-16-31(33)30-19-10-12-27-11-4-5-15-29(27)30/h1-26H. The second-order valence-corrected chi connectivity index (χ2v) is 12.6. The Balaban J connectivity index is 1.28. The summed E-state index contributed by atoms with van der Waals surface area (Å²) in [5.74, 6) is 0.671. The first-order chi connectivity index (χ1) is 23.3. The Morgan fingerprint density at radius 1 is 0.468 bits per heavy atom. The molecule has 0 bridgehead atoms. The lowest BCUT2D eigenvalue weighted by Crippen LogP contribution is -2.03. The van der Waals surface area contributed by atoms with E-state index in [0.29, 0.717) is 5.95 Å². The summed E-state index contributed by atoms with van der Waals surface area (Å²) in [6.07, 6.45) is 2.16. The number of para-hydroxylation sites is 2. The second kappa shape index (κ2) is 10.2. The Hall–Kier alpha value is -6.04. The number of thiophene rings is 1. The maximum absolute atomic E-state index is 5.48. The van der Waals surface area contributed by atoms with Crippen LogP contribution in [0.1, 0.15) is 0 Å². The minimum atomic E-state index is 0.671. The van der Waals surface area contributed by atoms with Crippen LogP contribution in [0.15, 0.2) is 156 Å². The lowest BCUT2D eigenvalue weighted by atomic mass is 9.92. The van der Waals surface area contributed by atoms with Gasteiger partial charge in [-0.2, -0.15) is 0 Å². The normalized spacial score (nSPS) is 11.8. The van der Waals surface area contributed by atoms with Gasteiger partial charge in [0.2, 0.25) is 5.95 Å². The van der Waals surface area contributed by atoms with Crippen LogP contribution in [-0.2, 0) is 0 Å². The Bertz CT molecular complexity index is 2800. The van der Waals surface area contributed by atoms with Crippen molar-refractivity contribution in [2.75, 3.05) is 0 Å². The summed E-state index contributed by atoms with van der Waals surface area (Å²) in [6.45, 7) is 0. The number of benzene rings is 6. The minimum Gasteiger partial charge on any atom is -0.316 e. The first-order valence-electron chi connectivity index (χ1n) is 15.7. The summed E-state index contributed by atoms with van der Waals surface area (Å²) >= 11 is 1.67. The molecule has 0 spiro atoms. The van der Waals surface area contributed by atoms with Crippen LogP contribution in [0, 0.1) is 0 Å². The van der Waals surface area contributed by atoms with E-state index < -0.39 is 0 Å². The van der Waals surface area contributed by atoms with Crippen molar-refractivity contribution in [1.29, 1.82) is 0 Å². The van der Waals surface area contributed by atoms with Crippen molar-refractivity contribution in [1.82, 2.24) is 19.1 Å². The number of nitrogens with zero attached hydrogens (tertiary/aromatic N) is 4. The highest BCUT2D eigenvalue weighted by atomic mass is 32.1. The number of hydrogen-bond acceptors (Lipinski definition) is 3. The zero-order valence-corrected chi connectivity index (χ0v) is 26.0. The number of hydrogen-bond donors (Lipinski definition) is 0. The zero-order valence-electron chi connectivity index (χ0n) is 25.2. The predicted octanol–water partition coefficient (Wildman–Crippen LogP) is 11.2. The molecule has 0 saturated carbocycles. The molecule has 0 radical (unpaired) electrons. The van der Waals surface area contributed by atoms with Gasteiger partial charge in [0.05, 0.1) is 27.8 Å². The summed E-state index contributed by atoms with van der Waals surface area (Å²) in [5, 5.41) is 11.4. The van der Waals surface area contributed by atoms with Crippen molar-refractivity contribution in [2.45, 2.75) is 0 Å². The van der Waals surface area contributed by atoms with E-state index >= 15 is 0 Å². The molecule has 4 nitrogen and oxygen atoms in total. The van der Waals surface area contributed by atoms with E-state index in [-0.39, 0.29) is 0 Å². The highest BCUT2D eigenvalue weighted by Crippen LogP contribution is 2.41. The first kappa shape index (κ1) is 26.2. The lowest BCUT2D eigenvalue weighted by Gasteiger charge is -2.15. The molecular formula is C42H26N4S. The van der Waals surface area contributed by atoms with Crippen LogP contribution < -0.4 is 0 Å². The molecule has 10 aromatic rings. The minimum absolute atomic E-state index is 0.671. The maximum atomic E-state index is 5.48. The molecule has 0 fully saturated rings. The molecule has 6 aromatic carbocycles. The van der Waals surface area contributed by atoms with Gasteiger partial charge in [0.15, 0.2) is 0 Å². The molecule has 47 heavy (non-hydrogen) atoms. The number of rotatable bonds is 4. The topological polar surface area (TPSA) is 35.6 Å². The van der Waals surface area contributed by atoms with Crippen molar-refractivity contribution in [3.05, 3.63) is 156 Å². The van der Waals surface area contributed by atoms with Gasteiger partial charge in [-0.05, 0) is 52.2 Å². The van der Waals surface area contributed by atoms with E-state index in [0.717, 1.165) is 55.3 Å². The van der Waals surface area contributed by atoms with E-state index in [1.54, 1.807) is 11.3 Å². The van der Waals surface area contributed by atoms with E-state index in [4.69, 9.17) is 9.97 Å². The molecule has 0 aliphatic carbocycles. The molecule has 4 aromatic heterocycles. The third kappa shape index (κ3) is 3.94. The smallest absolute Gasteiger partial charge is 0.235 e. The highest BCUT2D eigenvalue weighted by molar-refractivity contribution is 7.09. The van der Waals surface area contributed by atoms with Gasteiger partial charge >= 0.3 is 0 Å². The Morgan fingerprint density at radius 2 is 1.21 bits per heavy atom. The van der Waals surface area contributed by atoms with Gasteiger partial charge in [-0.15, -0.1) is 11.3 Å². The third-order valence-corrected chi connectivity index (χ3v) is 10.1. The molecule has 0 atom stereocenters. The summed E-state index contributed by atoms with van der Waals surface area (Å²) in [5.41, 5.74) is 9.81. The van der Waals surface area contributed by atoms with Crippen LogP contribution in [0.5, 0.6) is 0 Å². The Labute approximate surface area is 274 Å². The van der Waals surface area contributed by atoms with Crippen LogP contribution in [-0.4, -0.2) is 19.1 Å². The molecule has 0 amide bonds. The molecule has 5 heteroatoms. The summed E-state index contributed by atoms with van der Waals surface area (Å²) in [7, 11) is 0. The fourth-order valence-corrected chi connectivity index (χ4v) is 7.98. The van der Waals surface area contributed by atoms with Crippen LogP contribution in [0.3, 0.4) is 0 Å². The second-order valence-electron chi connectivity index (χ2n) is 11.9. The monoisotopic (exact) mass is 618 g/mol. The summed E-state index contributed by atoms with van der Waals surface area (Å²) in [4.78, 5) is 10.7. The quantitative estimate of drug-likeness (QED) is 0.197. The van der Waals surface area contributed by atoms with Gasteiger partial charge < -0.3 is 4.57 Å². The lowest BCUT2D eigenvalue weighted by molar-refractivity contribution is 1.02. The van der Waals surface area contributed by atoms with Crippen LogP contribution in [0.2, 0.25) is 0 Å². The van der Waals surface area contributed by atoms with Crippen LogP contribution >= 0.6 is 11.3 Å². The van der Waals surface area contributed by atoms with Gasteiger partial charge in [-0.3, -0.25) is 4.57 Å². The van der Waals surface area contributed by atoms with Crippen molar-refractivity contribution in [3.63, 3.8) is 0 Å². The van der Waals surface area contributed by atoms with E-state index in [2.05, 4.69) is 166 Å². The molecule has 4 heterocycles. The van der Waals surface area contributed by atoms with Gasteiger partial charge in [0.25, 0.3) is 0 Å². The average Bonchev–Trinajstić information content (AvgIpc) is 3.87. The number of aromatic nitrogens is 4. The molecular weight excluding hydrogens is 593 g/mol. The van der Waals surface area contributed by atoms with Gasteiger partial charge in [-0.1, -0.05) is 109 Å². The van der Waals surface area contributed by atoms with E-state index in [1.807, 2.05) is 0 Å². The average molecular weight is 619 g/mol. The van der Waals surface area contributed by atoms with Crippen molar-refractivity contribution < 1.29 is 0 Å². The van der Waals surface area contributed by atoms with E-state index in [9.17, 15) is 0 Å². The van der Waals surface area contributed by atoms with Crippen molar-refractivity contribution in [2.24, 2.45) is 0 Å². The van der Waals surface area contributed by atoms with Gasteiger partial charge in [-0.25, -0.2) is 9.97 Å². The van der Waals surface area contributed by atoms with Crippen LogP contribution in [0.4, 0.5) is 0 Å². The fraction of sp³-hybridized carbons (Fsp3) is 0. The highest BCUT2D eigenvalue weighted by Gasteiger charge is 2.21. The Morgan fingerprint density at radius 3 is 2.13 bits per heavy atom. The fourth-order valence-electron chi connectivity index (χ4n) is 7.23. The Kier molecular flexibility index (Phi) is 5.71. The molecule has 220 valence electrons. The maximum Gasteiger partial charge on any atom is 0.235 e. The molecule has 0 unspecified atom stereocenters. The molecule has 10 rings (SSSR count). The van der Waals surface area contributed by atoms with Gasteiger partial charge in [0, 0.05) is 49.8 Å². The zero-order chi connectivity index (χ0) is 30.9. The molecule has 0 aliphatic heterocycles. The molecule has 0 aliphatic rings. The van der Waals surface area contributed by atoms with Gasteiger partial charge in [0.1, 0.15) is 0 Å². The number of fused-ring (bicyclic) bond motifs is 7. The summed E-state index contributed by atoms with van der Waals surface area (Å²) < 4.78 is 4.52. The predicted molar refractivity (Wildman–Crippen MR) is 197 cm³/mol. The molecule has 0 N–H and O–H groups in total. The van der Waals surface area contributed by atoms with E-state index in [1.165, 1.54) is 27.1 Å². The largest absolute Gasteiger partial charge is 0.316 e. The van der Waals surface area contributed by atoms with Crippen molar-refractivity contribution >= 4 is 65.7 Å². The van der Waals surface area contributed by atoms with Crippen molar-refractivity contribution in [3.8, 4) is 34.0 Å². The third-order valence-electron chi connectivity index (χ3n) is 9.33. The summed E-state index contributed by atoms with van der Waals surface area (Å²) in [6, 6.07) is 49.6. The first-order valence-corrected chi connectivity index (χ1v) is 16.7. The van der Waals surface area contributed by atoms with Crippen LogP contribution in [0.25, 0.3) is 88.4 Å². The SMILES string of the molecule is c1ccc(-n2ccc3c2ccc2c4ccccc4n(-c4nc(-c5ccccc5-c5cccc6ccccc56)c5cscc5n4)c23)cc1. The molecule has 0 saturated heterocycles.